The van der Waals surface area contributed by atoms with Crippen molar-refractivity contribution in [3.05, 3.63) is 94.6 Å². The van der Waals surface area contributed by atoms with E-state index in [2.05, 4.69) is 0 Å². The summed E-state index contributed by atoms with van der Waals surface area (Å²) in [7, 11) is 0. The molecule has 5 nitrogen and oxygen atoms in total. The Morgan fingerprint density at radius 3 is 2.16 bits per heavy atom. The smallest absolute Gasteiger partial charge is 0.203 e. The highest BCUT2D eigenvalue weighted by Gasteiger charge is 2.22. The number of phenols is 1. The van der Waals surface area contributed by atoms with Crippen molar-refractivity contribution in [3.8, 4) is 5.75 Å². The molecule has 0 radical (unpaired) electrons. The van der Waals surface area contributed by atoms with Crippen LogP contribution in [-0.2, 0) is 18.5 Å². The number of nitrogens with zero attached hydrogens (tertiary/aromatic N) is 2. The lowest BCUT2D eigenvalue weighted by Crippen LogP contribution is -2.28. The van der Waals surface area contributed by atoms with Gasteiger partial charge in [0.25, 0.3) is 0 Å². The number of hydrogen-bond donors (Lipinski definition) is 2. The molecule has 0 fully saturated rings. The van der Waals surface area contributed by atoms with Crippen LogP contribution < -0.4 is 5.62 Å². The number of Topliss-reactive ketones (excluding diaryl/α,β-unsaturated/α-hetero) is 1. The zero-order chi connectivity index (χ0) is 23.0. The normalized spacial score (nSPS) is 11.8. The van der Waals surface area contributed by atoms with E-state index in [1.807, 2.05) is 86.9 Å². The van der Waals surface area contributed by atoms with E-state index in [1.165, 1.54) is 0 Å². The lowest BCUT2D eigenvalue weighted by atomic mass is 9.83. The van der Waals surface area contributed by atoms with E-state index >= 15 is 0 Å². The van der Waals surface area contributed by atoms with Crippen molar-refractivity contribution < 1.29 is 9.90 Å². The molecule has 5 heteroatoms. The number of ketones is 1. The molecule has 0 unspecified atom stereocenters. The van der Waals surface area contributed by atoms with E-state index in [0.717, 1.165) is 22.2 Å². The van der Waals surface area contributed by atoms with Crippen molar-refractivity contribution >= 4 is 16.8 Å². The van der Waals surface area contributed by atoms with Crippen LogP contribution in [0.3, 0.4) is 0 Å². The van der Waals surface area contributed by atoms with Crippen molar-refractivity contribution in [2.75, 3.05) is 0 Å². The molecule has 0 aliphatic heterocycles. The Hall–Kier alpha value is -3.60. The van der Waals surface area contributed by atoms with E-state index in [9.17, 15) is 9.90 Å². The van der Waals surface area contributed by atoms with Crippen LogP contribution >= 0.6 is 0 Å². The zero-order valence-electron chi connectivity index (χ0n) is 19.0. The highest BCUT2D eigenvalue weighted by Crippen LogP contribution is 2.34. The molecule has 32 heavy (non-hydrogen) atoms. The van der Waals surface area contributed by atoms with E-state index in [-0.39, 0.29) is 29.1 Å². The Labute approximate surface area is 188 Å². The Balaban J connectivity index is 1.76. The standard InChI is InChI=1S/C27H29N3O2/c1-18-14-20(15-21(25(18)32)27(2,3)4)24(31)17-30-23-13-9-8-12-22(23)29(26(30)28)16-19-10-6-5-7-11-19/h5-15,28,32H,16-17H2,1-4H3. The molecular weight excluding hydrogens is 398 g/mol. The van der Waals surface area contributed by atoms with Gasteiger partial charge in [-0.2, -0.15) is 0 Å². The van der Waals surface area contributed by atoms with Gasteiger partial charge in [0.15, 0.2) is 5.78 Å². The van der Waals surface area contributed by atoms with Crippen LogP contribution in [0.4, 0.5) is 0 Å². The van der Waals surface area contributed by atoms with E-state index in [4.69, 9.17) is 5.41 Å². The summed E-state index contributed by atoms with van der Waals surface area (Å²) < 4.78 is 3.69. The fraction of sp³-hybridized carbons (Fsp3) is 0.259. The number of phenolic OH excluding ortho intramolecular Hbond substituents is 1. The number of hydrogen-bond acceptors (Lipinski definition) is 3. The molecule has 0 spiro atoms. The van der Waals surface area contributed by atoms with Crippen LogP contribution in [0.1, 0.15) is 47.8 Å². The van der Waals surface area contributed by atoms with Crippen molar-refractivity contribution in [2.45, 2.75) is 46.2 Å². The minimum atomic E-state index is -0.287. The minimum Gasteiger partial charge on any atom is -0.507 e. The van der Waals surface area contributed by atoms with Gasteiger partial charge in [-0.25, -0.2) is 0 Å². The lowest BCUT2D eigenvalue weighted by molar-refractivity contribution is 0.0971. The SMILES string of the molecule is Cc1cc(C(=O)Cn2c(=N)n(Cc3ccccc3)c3ccccc32)cc(C(C)(C)C)c1O. The maximum atomic E-state index is 13.3. The summed E-state index contributed by atoms with van der Waals surface area (Å²) in [5.41, 5.74) is 4.87. The molecule has 164 valence electrons. The number of para-hydroxylation sites is 2. The Kier molecular flexibility index (Phi) is 5.51. The van der Waals surface area contributed by atoms with Gasteiger partial charge >= 0.3 is 0 Å². The molecule has 4 aromatic rings. The topological polar surface area (TPSA) is 71.0 Å². The zero-order valence-corrected chi connectivity index (χ0v) is 19.0. The lowest BCUT2D eigenvalue weighted by Gasteiger charge is -2.22. The molecule has 0 bridgehead atoms. The summed E-state index contributed by atoms with van der Waals surface area (Å²) in [6.45, 7) is 8.50. The molecule has 2 N–H and O–H groups in total. The molecule has 0 amide bonds. The monoisotopic (exact) mass is 427 g/mol. The van der Waals surface area contributed by atoms with Gasteiger partial charge in [-0.15, -0.1) is 0 Å². The molecule has 1 aromatic heterocycles. The number of fused-ring (bicyclic) bond motifs is 1. The van der Waals surface area contributed by atoms with E-state index < -0.39 is 0 Å². The molecule has 0 saturated heterocycles. The van der Waals surface area contributed by atoms with Crippen LogP contribution in [0.2, 0.25) is 0 Å². The second-order valence-electron chi connectivity index (χ2n) is 9.33. The van der Waals surface area contributed by atoms with Gasteiger partial charge in [-0.3, -0.25) is 10.2 Å². The van der Waals surface area contributed by atoms with Crippen LogP contribution in [0.15, 0.2) is 66.7 Å². The van der Waals surface area contributed by atoms with Gasteiger partial charge in [0.05, 0.1) is 24.1 Å². The number of carbonyl (C=O) groups is 1. The van der Waals surface area contributed by atoms with Gasteiger partial charge in [-0.05, 0) is 47.7 Å². The van der Waals surface area contributed by atoms with Gasteiger partial charge in [0, 0.05) is 11.1 Å². The number of aromatic nitrogens is 2. The first-order chi connectivity index (χ1) is 15.2. The van der Waals surface area contributed by atoms with Crippen molar-refractivity contribution in [2.24, 2.45) is 0 Å². The third-order valence-electron chi connectivity index (χ3n) is 5.89. The highest BCUT2D eigenvalue weighted by molar-refractivity contribution is 5.97. The average Bonchev–Trinajstić information content (AvgIpc) is 3.01. The molecule has 1 heterocycles. The predicted octanol–water partition coefficient (Wildman–Crippen LogP) is 5.16. The van der Waals surface area contributed by atoms with Crippen molar-refractivity contribution in [1.82, 2.24) is 9.13 Å². The Morgan fingerprint density at radius 2 is 1.53 bits per heavy atom. The van der Waals surface area contributed by atoms with Crippen LogP contribution in [-0.4, -0.2) is 20.0 Å². The third-order valence-corrected chi connectivity index (χ3v) is 5.89. The fourth-order valence-corrected chi connectivity index (χ4v) is 4.13. The van der Waals surface area contributed by atoms with Crippen LogP contribution in [0.25, 0.3) is 11.0 Å². The molecule has 0 atom stereocenters. The van der Waals surface area contributed by atoms with Crippen LogP contribution in [0, 0.1) is 12.3 Å². The number of rotatable bonds is 5. The highest BCUT2D eigenvalue weighted by atomic mass is 16.3. The van der Waals surface area contributed by atoms with Crippen LogP contribution in [0.5, 0.6) is 5.75 Å². The molecule has 3 aromatic carbocycles. The second kappa shape index (κ2) is 8.15. The quantitative estimate of drug-likeness (QED) is 0.432. The number of carbonyl (C=O) groups excluding carboxylic acids is 1. The third kappa shape index (κ3) is 3.98. The first kappa shape index (κ1) is 21.6. The molecule has 0 aliphatic rings. The summed E-state index contributed by atoms with van der Waals surface area (Å²) in [6.07, 6.45) is 0. The summed E-state index contributed by atoms with van der Waals surface area (Å²) in [4.78, 5) is 13.3. The van der Waals surface area contributed by atoms with Crippen molar-refractivity contribution in [1.29, 1.82) is 5.41 Å². The second-order valence-corrected chi connectivity index (χ2v) is 9.33. The Morgan fingerprint density at radius 1 is 0.938 bits per heavy atom. The number of benzene rings is 3. The van der Waals surface area contributed by atoms with E-state index in [0.29, 0.717) is 17.7 Å². The summed E-state index contributed by atoms with van der Waals surface area (Å²) in [6, 6.07) is 21.4. The molecular formula is C27H29N3O2. The van der Waals surface area contributed by atoms with Gasteiger partial charge in [0.2, 0.25) is 5.62 Å². The average molecular weight is 428 g/mol. The maximum Gasteiger partial charge on any atom is 0.203 e. The number of aryl methyl sites for hydroxylation is 1. The maximum absolute atomic E-state index is 13.3. The van der Waals surface area contributed by atoms with Gasteiger partial charge in [0.1, 0.15) is 5.75 Å². The molecule has 0 aliphatic carbocycles. The molecule has 0 saturated carbocycles. The number of nitrogens with one attached hydrogen (secondary N) is 1. The predicted molar refractivity (Wildman–Crippen MR) is 127 cm³/mol. The summed E-state index contributed by atoms with van der Waals surface area (Å²) in [5.74, 6) is 0.155. The van der Waals surface area contributed by atoms with E-state index in [1.54, 1.807) is 16.7 Å². The Bertz CT molecular complexity index is 1360. The number of imidazole rings is 1. The van der Waals surface area contributed by atoms with Crippen molar-refractivity contribution in [3.63, 3.8) is 0 Å². The summed E-state index contributed by atoms with van der Waals surface area (Å²) >= 11 is 0. The summed E-state index contributed by atoms with van der Waals surface area (Å²) in [5, 5.41) is 19.3. The van der Waals surface area contributed by atoms with Gasteiger partial charge in [-0.1, -0.05) is 63.2 Å². The minimum absolute atomic E-state index is 0.0644. The first-order valence-electron chi connectivity index (χ1n) is 10.8. The fourth-order valence-electron chi connectivity index (χ4n) is 4.13. The largest absolute Gasteiger partial charge is 0.507 e. The number of aromatic hydroxyl groups is 1. The van der Waals surface area contributed by atoms with Gasteiger partial charge < -0.3 is 14.2 Å². The first-order valence-corrected chi connectivity index (χ1v) is 10.8. The molecule has 4 rings (SSSR count).